The molecule has 398 valence electrons. The van der Waals surface area contributed by atoms with Crippen LogP contribution in [0.5, 0.6) is 0 Å². The summed E-state index contributed by atoms with van der Waals surface area (Å²) in [6.07, 6.45) is 68.7. The topological polar surface area (TPSA) is 78.9 Å². The van der Waals surface area contributed by atoms with Crippen molar-refractivity contribution in [3.05, 3.63) is 36.5 Å². The molecule has 1 atom stereocenters. The zero-order valence-corrected chi connectivity index (χ0v) is 45.6. The minimum absolute atomic E-state index is 0.0675. The van der Waals surface area contributed by atoms with Crippen LogP contribution in [0.4, 0.5) is 0 Å². The van der Waals surface area contributed by atoms with Gasteiger partial charge in [-0.15, -0.1) is 0 Å². The average Bonchev–Trinajstić information content (AvgIpc) is 3.34. The summed E-state index contributed by atoms with van der Waals surface area (Å²) in [7, 11) is 0. The fourth-order valence-electron chi connectivity index (χ4n) is 8.86. The second-order valence-corrected chi connectivity index (χ2v) is 20.3. The quantitative estimate of drug-likeness (QED) is 0.0262. The molecule has 68 heavy (non-hydrogen) atoms. The maximum absolute atomic E-state index is 12.8. The van der Waals surface area contributed by atoms with E-state index in [-0.39, 0.29) is 31.1 Å². The Bertz CT molecular complexity index is 1140. The first kappa shape index (κ1) is 65.6. The second-order valence-electron chi connectivity index (χ2n) is 20.3. The Morgan fingerprint density at radius 1 is 0.294 bits per heavy atom. The Hall–Kier alpha value is -2.37. The summed E-state index contributed by atoms with van der Waals surface area (Å²) in [4.78, 5) is 38.0. The molecule has 0 aromatic heterocycles. The van der Waals surface area contributed by atoms with Gasteiger partial charge < -0.3 is 14.2 Å². The molecule has 0 aromatic rings. The minimum Gasteiger partial charge on any atom is -0.462 e. The van der Waals surface area contributed by atoms with Crippen LogP contribution in [-0.4, -0.2) is 37.2 Å². The number of esters is 3. The molecule has 6 nitrogen and oxygen atoms in total. The molecule has 0 aliphatic rings. The molecule has 0 fully saturated rings. The van der Waals surface area contributed by atoms with Crippen molar-refractivity contribution in [2.75, 3.05) is 13.2 Å². The Kier molecular flexibility index (Phi) is 55.2. The SMILES string of the molecule is CCCCCCC/C=C\C/C=C\C/C=C\CCCCCCCCCCCCCCC(=O)OCC(COC(=O)CCCCCCCCCCC)OC(=O)CCCCCCCCCCCCCCCC. The van der Waals surface area contributed by atoms with Gasteiger partial charge in [-0.05, 0) is 57.8 Å². The average molecular weight is 956 g/mol. The van der Waals surface area contributed by atoms with E-state index in [1.54, 1.807) is 0 Å². The van der Waals surface area contributed by atoms with Crippen molar-refractivity contribution in [3.63, 3.8) is 0 Å². The summed E-state index contributed by atoms with van der Waals surface area (Å²) >= 11 is 0. The monoisotopic (exact) mass is 955 g/mol. The summed E-state index contributed by atoms with van der Waals surface area (Å²) in [5.74, 6) is -0.854. The van der Waals surface area contributed by atoms with Crippen molar-refractivity contribution >= 4 is 17.9 Å². The molecule has 0 heterocycles. The van der Waals surface area contributed by atoms with Gasteiger partial charge in [-0.2, -0.15) is 0 Å². The van der Waals surface area contributed by atoms with Crippen LogP contribution in [0.3, 0.4) is 0 Å². The molecule has 0 saturated heterocycles. The van der Waals surface area contributed by atoms with Crippen LogP contribution in [0.15, 0.2) is 36.5 Å². The van der Waals surface area contributed by atoms with E-state index >= 15 is 0 Å². The predicted molar refractivity (Wildman–Crippen MR) is 293 cm³/mol. The lowest BCUT2D eigenvalue weighted by Crippen LogP contribution is -2.30. The van der Waals surface area contributed by atoms with Crippen molar-refractivity contribution in [1.82, 2.24) is 0 Å². The fraction of sp³-hybridized carbons (Fsp3) is 0.855. The summed E-state index contributed by atoms with van der Waals surface area (Å²) in [6, 6.07) is 0. The van der Waals surface area contributed by atoms with Gasteiger partial charge in [-0.25, -0.2) is 0 Å². The lowest BCUT2D eigenvalue weighted by Gasteiger charge is -2.18. The molecule has 0 aromatic carbocycles. The van der Waals surface area contributed by atoms with E-state index in [2.05, 4.69) is 57.2 Å². The van der Waals surface area contributed by atoms with Gasteiger partial charge in [0.05, 0.1) is 0 Å². The molecule has 0 aliphatic heterocycles. The van der Waals surface area contributed by atoms with Gasteiger partial charge in [0.1, 0.15) is 13.2 Å². The lowest BCUT2D eigenvalue weighted by atomic mass is 10.0. The van der Waals surface area contributed by atoms with Crippen LogP contribution < -0.4 is 0 Å². The van der Waals surface area contributed by atoms with Crippen LogP contribution in [0.1, 0.15) is 323 Å². The number of unbranched alkanes of at least 4 members (excludes halogenated alkanes) is 38. The number of allylic oxidation sites excluding steroid dienone is 6. The van der Waals surface area contributed by atoms with E-state index in [0.29, 0.717) is 19.3 Å². The maximum Gasteiger partial charge on any atom is 0.306 e. The first-order valence-electron chi connectivity index (χ1n) is 30.0. The number of hydrogen-bond acceptors (Lipinski definition) is 6. The second kappa shape index (κ2) is 57.2. The van der Waals surface area contributed by atoms with Crippen molar-refractivity contribution in [2.45, 2.75) is 329 Å². The predicted octanol–water partition coefficient (Wildman–Crippen LogP) is 20.0. The Labute approximate surface area is 423 Å². The van der Waals surface area contributed by atoms with Gasteiger partial charge >= 0.3 is 17.9 Å². The molecule has 0 rings (SSSR count). The summed E-state index contributed by atoms with van der Waals surface area (Å²) in [5, 5.41) is 0. The van der Waals surface area contributed by atoms with Crippen LogP contribution in [-0.2, 0) is 28.6 Å². The van der Waals surface area contributed by atoms with Crippen molar-refractivity contribution in [3.8, 4) is 0 Å². The third-order valence-electron chi connectivity index (χ3n) is 13.4. The molecule has 0 radical (unpaired) electrons. The van der Waals surface area contributed by atoms with Gasteiger partial charge in [0.15, 0.2) is 6.10 Å². The Balaban J connectivity index is 4.14. The van der Waals surface area contributed by atoms with E-state index in [0.717, 1.165) is 70.6 Å². The van der Waals surface area contributed by atoms with Crippen LogP contribution in [0.25, 0.3) is 0 Å². The number of hydrogen-bond donors (Lipinski definition) is 0. The lowest BCUT2D eigenvalue weighted by molar-refractivity contribution is -0.167. The maximum atomic E-state index is 12.8. The van der Waals surface area contributed by atoms with E-state index in [9.17, 15) is 14.4 Å². The number of carbonyl (C=O) groups excluding carboxylic acids is 3. The van der Waals surface area contributed by atoms with Crippen LogP contribution in [0.2, 0.25) is 0 Å². The van der Waals surface area contributed by atoms with Gasteiger partial charge in [0.2, 0.25) is 0 Å². The normalized spacial score (nSPS) is 12.2. The fourth-order valence-corrected chi connectivity index (χ4v) is 8.86. The highest BCUT2D eigenvalue weighted by molar-refractivity contribution is 5.71. The summed E-state index contributed by atoms with van der Waals surface area (Å²) < 4.78 is 16.8. The van der Waals surface area contributed by atoms with Gasteiger partial charge in [0, 0.05) is 19.3 Å². The van der Waals surface area contributed by atoms with E-state index < -0.39 is 6.10 Å². The Morgan fingerprint density at radius 3 is 0.824 bits per heavy atom. The largest absolute Gasteiger partial charge is 0.462 e. The van der Waals surface area contributed by atoms with Crippen LogP contribution in [0, 0.1) is 0 Å². The summed E-state index contributed by atoms with van der Waals surface area (Å²) in [5.41, 5.74) is 0. The highest BCUT2D eigenvalue weighted by atomic mass is 16.6. The Morgan fingerprint density at radius 2 is 0.529 bits per heavy atom. The molecular weight excluding hydrogens is 841 g/mol. The number of rotatable bonds is 55. The van der Waals surface area contributed by atoms with Gasteiger partial charge in [-0.1, -0.05) is 282 Å². The summed E-state index contributed by atoms with van der Waals surface area (Å²) in [6.45, 7) is 6.65. The highest BCUT2D eigenvalue weighted by Crippen LogP contribution is 2.17. The van der Waals surface area contributed by atoms with E-state index in [4.69, 9.17) is 14.2 Å². The molecule has 0 saturated carbocycles. The van der Waals surface area contributed by atoms with E-state index in [1.807, 2.05) is 0 Å². The van der Waals surface area contributed by atoms with Crippen LogP contribution >= 0.6 is 0 Å². The zero-order valence-electron chi connectivity index (χ0n) is 45.6. The smallest absolute Gasteiger partial charge is 0.306 e. The van der Waals surface area contributed by atoms with Crippen molar-refractivity contribution < 1.29 is 28.6 Å². The highest BCUT2D eigenvalue weighted by Gasteiger charge is 2.19. The zero-order chi connectivity index (χ0) is 49.3. The third-order valence-corrected chi connectivity index (χ3v) is 13.4. The standard InChI is InChI=1S/C62H114O6/c1-4-7-10-13-16-19-21-23-25-26-27-28-29-30-31-32-33-34-35-36-37-39-40-43-46-49-52-55-61(64)67-58-59(57-66-60(63)54-51-48-45-42-18-15-12-9-6-3)68-62(65)56-53-50-47-44-41-38-24-22-20-17-14-11-8-5-2/h21,23,26-27,29-30,59H,4-20,22,24-25,28,31-58H2,1-3H3/b23-21-,27-26-,30-29-. The van der Waals surface area contributed by atoms with Gasteiger partial charge in [0.25, 0.3) is 0 Å². The van der Waals surface area contributed by atoms with Crippen molar-refractivity contribution in [1.29, 1.82) is 0 Å². The third kappa shape index (κ3) is 54.6. The molecule has 0 aliphatic carbocycles. The number of carbonyl (C=O) groups is 3. The first-order valence-corrected chi connectivity index (χ1v) is 30.0. The molecule has 1 unspecified atom stereocenters. The first-order chi connectivity index (χ1) is 33.5. The molecule has 6 heteroatoms. The van der Waals surface area contributed by atoms with E-state index in [1.165, 1.54) is 212 Å². The van der Waals surface area contributed by atoms with Gasteiger partial charge in [-0.3, -0.25) is 14.4 Å². The van der Waals surface area contributed by atoms with Crippen molar-refractivity contribution in [2.24, 2.45) is 0 Å². The molecular formula is C62H114O6. The molecule has 0 N–H and O–H groups in total. The molecule has 0 bridgehead atoms. The minimum atomic E-state index is -0.766. The number of ether oxygens (including phenoxy) is 3. The molecule has 0 spiro atoms. The molecule has 0 amide bonds.